The summed E-state index contributed by atoms with van der Waals surface area (Å²) in [6, 6.07) is 7.30. The fraction of sp³-hybridized carbons (Fsp3) is 0.273. The SMILES string of the molecule is CC1(c2ccccc2I)OC(=O)CC(=O)O1. The molecule has 2 rings (SSSR count). The molecule has 16 heavy (non-hydrogen) atoms. The van der Waals surface area contributed by atoms with Gasteiger partial charge in [0.05, 0.1) is 0 Å². The van der Waals surface area contributed by atoms with Gasteiger partial charge in [0.25, 0.3) is 5.79 Å². The first-order chi connectivity index (χ1) is 7.51. The lowest BCUT2D eigenvalue weighted by Crippen LogP contribution is -2.40. The molecule has 5 heteroatoms. The van der Waals surface area contributed by atoms with E-state index >= 15 is 0 Å². The van der Waals surface area contributed by atoms with Crippen LogP contribution in [0.1, 0.15) is 18.9 Å². The van der Waals surface area contributed by atoms with Crippen LogP contribution in [0.25, 0.3) is 0 Å². The molecule has 0 bridgehead atoms. The van der Waals surface area contributed by atoms with Crippen molar-refractivity contribution >= 4 is 34.5 Å². The van der Waals surface area contributed by atoms with Crippen molar-refractivity contribution in [2.45, 2.75) is 19.1 Å². The van der Waals surface area contributed by atoms with Gasteiger partial charge in [0.2, 0.25) is 0 Å². The number of benzene rings is 1. The van der Waals surface area contributed by atoms with E-state index in [4.69, 9.17) is 9.47 Å². The third kappa shape index (κ3) is 2.04. The molecule has 0 atom stereocenters. The maximum Gasteiger partial charge on any atom is 0.320 e. The molecule has 1 aromatic rings. The molecule has 0 N–H and O–H groups in total. The van der Waals surface area contributed by atoms with E-state index < -0.39 is 17.7 Å². The van der Waals surface area contributed by atoms with E-state index in [1.54, 1.807) is 19.1 Å². The van der Waals surface area contributed by atoms with E-state index in [1.807, 2.05) is 12.1 Å². The quantitative estimate of drug-likeness (QED) is 0.448. The van der Waals surface area contributed by atoms with Gasteiger partial charge in [-0.15, -0.1) is 0 Å². The summed E-state index contributed by atoms with van der Waals surface area (Å²) in [5.74, 6) is -2.42. The van der Waals surface area contributed by atoms with Crippen LogP contribution in [0, 0.1) is 3.57 Å². The van der Waals surface area contributed by atoms with Crippen LogP contribution in [-0.4, -0.2) is 11.9 Å². The van der Waals surface area contributed by atoms with Crippen molar-refractivity contribution in [1.82, 2.24) is 0 Å². The Labute approximate surface area is 106 Å². The highest BCUT2D eigenvalue weighted by atomic mass is 127. The lowest BCUT2D eigenvalue weighted by atomic mass is 10.1. The van der Waals surface area contributed by atoms with Crippen LogP contribution >= 0.6 is 22.6 Å². The zero-order valence-electron chi connectivity index (χ0n) is 8.53. The monoisotopic (exact) mass is 332 g/mol. The minimum atomic E-state index is -1.30. The van der Waals surface area contributed by atoms with E-state index in [2.05, 4.69) is 22.6 Å². The Kier molecular flexibility index (Phi) is 2.88. The number of rotatable bonds is 1. The van der Waals surface area contributed by atoms with E-state index in [0.29, 0.717) is 5.56 Å². The Morgan fingerprint density at radius 1 is 1.19 bits per heavy atom. The number of ether oxygens (including phenoxy) is 2. The Morgan fingerprint density at radius 3 is 2.31 bits per heavy atom. The number of cyclic esters (lactones) is 2. The first-order valence-corrected chi connectivity index (χ1v) is 5.78. The molecule has 1 saturated heterocycles. The van der Waals surface area contributed by atoms with Gasteiger partial charge in [-0.1, -0.05) is 18.2 Å². The molecule has 1 heterocycles. The van der Waals surface area contributed by atoms with Gasteiger partial charge in [-0.25, -0.2) is 0 Å². The van der Waals surface area contributed by atoms with Gasteiger partial charge >= 0.3 is 11.9 Å². The molecule has 84 valence electrons. The number of hydrogen-bond acceptors (Lipinski definition) is 4. The molecule has 1 aromatic carbocycles. The summed E-state index contributed by atoms with van der Waals surface area (Å²) in [6.07, 6.45) is -0.320. The van der Waals surface area contributed by atoms with Crippen LogP contribution in [0.4, 0.5) is 0 Å². The predicted molar refractivity (Wildman–Crippen MR) is 63.3 cm³/mol. The van der Waals surface area contributed by atoms with Crippen molar-refractivity contribution in [3.05, 3.63) is 33.4 Å². The Hall–Kier alpha value is -1.11. The summed E-state index contributed by atoms with van der Waals surface area (Å²) in [7, 11) is 0. The second-order valence-electron chi connectivity index (χ2n) is 3.55. The van der Waals surface area contributed by atoms with Crippen molar-refractivity contribution in [2.75, 3.05) is 0 Å². The average molecular weight is 332 g/mol. The first kappa shape index (κ1) is 11.4. The average Bonchev–Trinajstić information content (AvgIpc) is 2.15. The van der Waals surface area contributed by atoms with E-state index in [1.165, 1.54) is 0 Å². The van der Waals surface area contributed by atoms with Gasteiger partial charge in [0, 0.05) is 16.1 Å². The second-order valence-corrected chi connectivity index (χ2v) is 4.71. The molecule has 1 fully saturated rings. The lowest BCUT2D eigenvalue weighted by Gasteiger charge is -2.33. The molecule has 0 amide bonds. The van der Waals surface area contributed by atoms with E-state index in [0.717, 1.165) is 3.57 Å². The van der Waals surface area contributed by atoms with Crippen LogP contribution in [0.15, 0.2) is 24.3 Å². The summed E-state index contributed by atoms with van der Waals surface area (Å²) < 4.78 is 11.1. The fourth-order valence-electron chi connectivity index (χ4n) is 1.58. The number of hydrogen-bond donors (Lipinski definition) is 0. The normalized spacial score (nSPS) is 18.9. The zero-order chi connectivity index (χ0) is 11.8. The van der Waals surface area contributed by atoms with Crippen molar-refractivity contribution in [3.63, 3.8) is 0 Å². The number of esters is 2. The maximum atomic E-state index is 11.2. The molecule has 4 nitrogen and oxygen atoms in total. The van der Waals surface area contributed by atoms with E-state index in [9.17, 15) is 9.59 Å². The van der Waals surface area contributed by atoms with Crippen molar-refractivity contribution < 1.29 is 19.1 Å². The van der Waals surface area contributed by atoms with Gasteiger partial charge < -0.3 is 9.47 Å². The summed E-state index contributed by atoms with van der Waals surface area (Å²) in [4.78, 5) is 22.5. The predicted octanol–water partition coefficient (Wildman–Crippen LogP) is 1.95. The lowest BCUT2D eigenvalue weighted by molar-refractivity contribution is -0.243. The minimum Gasteiger partial charge on any atom is -0.418 e. The number of carbonyl (C=O) groups is 2. The largest absolute Gasteiger partial charge is 0.418 e. The van der Waals surface area contributed by atoms with Gasteiger partial charge in [-0.2, -0.15) is 0 Å². The zero-order valence-corrected chi connectivity index (χ0v) is 10.7. The standard InChI is InChI=1S/C11H9IO4/c1-11(7-4-2-3-5-8(7)12)15-9(13)6-10(14)16-11/h2-5H,6H2,1H3. The summed E-state index contributed by atoms with van der Waals surface area (Å²) in [6.45, 7) is 1.57. The van der Waals surface area contributed by atoms with Gasteiger partial charge in [0.15, 0.2) is 0 Å². The highest BCUT2D eigenvalue weighted by Crippen LogP contribution is 2.33. The molecule has 0 unspecified atom stereocenters. The minimum absolute atomic E-state index is 0.320. The molecule has 0 aliphatic carbocycles. The Balaban J connectivity index is 2.42. The Bertz CT molecular complexity index is 439. The molecular weight excluding hydrogens is 323 g/mol. The molecular formula is C11H9IO4. The third-order valence-electron chi connectivity index (χ3n) is 2.27. The fourth-order valence-corrected chi connectivity index (χ4v) is 2.46. The van der Waals surface area contributed by atoms with Crippen molar-refractivity contribution in [3.8, 4) is 0 Å². The van der Waals surface area contributed by atoms with Crippen molar-refractivity contribution in [1.29, 1.82) is 0 Å². The Morgan fingerprint density at radius 2 is 1.75 bits per heavy atom. The van der Waals surface area contributed by atoms with Crippen LogP contribution in [0.5, 0.6) is 0 Å². The highest BCUT2D eigenvalue weighted by molar-refractivity contribution is 14.1. The number of halogens is 1. The summed E-state index contributed by atoms with van der Waals surface area (Å²) in [5.41, 5.74) is 0.678. The maximum absolute atomic E-state index is 11.2. The van der Waals surface area contributed by atoms with Crippen LogP contribution in [0.2, 0.25) is 0 Å². The first-order valence-electron chi connectivity index (χ1n) is 4.70. The number of carbonyl (C=O) groups excluding carboxylic acids is 2. The highest BCUT2D eigenvalue weighted by Gasteiger charge is 2.41. The summed E-state index contributed by atoms with van der Waals surface area (Å²) in [5, 5.41) is 0. The molecule has 1 aliphatic heterocycles. The second kappa shape index (κ2) is 4.04. The van der Waals surface area contributed by atoms with Crippen molar-refractivity contribution in [2.24, 2.45) is 0 Å². The van der Waals surface area contributed by atoms with Crippen LogP contribution < -0.4 is 0 Å². The third-order valence-corrected chi connectivity index (χ3v) is 3.21. The van der Waals surface area contributed by atoms with Crippen LogP contribution in [0.3, 0.4) is 0 Å². The molecule has 0 radical (unpaired) electrons. The smallest absolute Gasteiger partial charge is 0.320 e. The van der Waals surface area contributed by atoms with Gasteiger partial charge in [-0.05, 0) is 28.7 Å². The van der Waals surface area contributed by atoms with E-state index in [-0.39, 0.29) is 6.42 Å². The molecule has 1 aliphatic rings. The van der Waals surface area contributed by atoms with Crippen LogP contribution in [-0.2, 0) is 24.8 Å². The molecule has 0 aromatic heterocycles. The van der Waals surface area contributed by atoms with Gasteiger partial charge in [0.1, 0.15) is 6.42 Å². The topological polar surface area (TPSA) is 52.6 Å². The van der Waals surface area contributed by atoms with Gasteiger partial charge in [-0.3, -0.25) is 9.59 Å². The molecule has 0 saturated carbocycles. The molecule has 0 spiro atoms. The summed E-state index contributed by atoms with van der Waals surface area (Å²) >= 11 is 2.10.